The minimum Gasteiger partial charge on any atom is -0.478 e. The molecule has 0 aliphatic heterocycles. The van der Waals surface area contributed by atoms with Crippen LogP contribution >= 0.6 is 23.2 Å². The molecule has 0 radical (unpaired) electrons. The number of carbonyl (C=O) groups excluding carboxylic acids is 1. The van der Waals surface area contributed by atoms with Crippen LogP contribution in [0.15, 0.2) is 12.1 Å². The van der Waals surface area contributed by atoms with Crippen molar-refractivity contribution in [3.63, 3.8) is 0 Å². The van der Waals surface area contributed by atoms with Crippen molar-refractivity contribution in [1.29, 1.82) is 0 Å². The van der Waals surface area contributed by atoms with E-state index in [9.17, 15) is 9.59 Å². The van der Waals surface area contributed by atoms with Gasteiger partial charge in [-0.2, -0.15) is 0 Å². The molecule has 0 aliphatic carbocycles. The largest absolute Gasteiger partial charge is 0.478 e. The first-order valence-corrected chi connectivity index (χ1v) is 5.68. The molecule has 0 saturated carbocycles. The Hall–Kier alpha value is -1.50. The number of halogens is 2. The van der Waals surface area contributed by atoms with Gasteiger partial charge in [0, 0.05) is 13.1 Å². The van der Waals surface area contributed by atoms with E-state index in [0.29, 0.717) is 13.1 Å². The van der Waals surface area contributed by atoms with Crippen LogP contribution in [0.2, 0.25) is 10.0 Å². The first-order valence-electron chi connectivity index (χ1n) is 4.93. The fraction of sp³-hybridized carbons (Fsp3) is 0.200. The van der Waals surface area contributed by atoms with Crippen molar-refractivity contribution in [1.82, 2.24) is 5.32 Å². The summed E-state index contributed by atoms with van der Waals surface area (Å²) in [6, 6.07) is 1.88. The molecule has 0 aliphatic rings. The molecule has 1 aromatic carbocycles. The molecule has 1 aromatic rings. The van der Waals surface area contributed by atoms with Gasteiger partial charge in [0.2, 0.25) is 0 Å². The lowest BCUT2D eigenvalue weighted by Gasteiger charge is -2.10. The summed E-state index contributed by atoms with van der Waals surface area (Å²) in [7, 11) is 0. The maximum absolute atomic E-state index is 11.4. The van der Waals surface area contributed by atoms with Crippen molar-refractivity contribution in [3.8, 4) is 0 Å². The number of carboxylic acid groups (broad SMARTS) is 1. The predicted molar refractivity (Wildman–Crippen MR) is 69.5 cm³/mol. The van der Waals surface area contributed by atoms with Gasteiger partial charge in [-0.1, -0.05) is 23.2 Å². The summed E-state index contributed by atoms with van der Waals surface area (Å²) < 4.78 is 0. The zero-order valence-corrected chi connectivity index (χ0v) is 10.7. The van der Waals surface area contributed by atoms with Crippen molar-refractivity contribution in [2.45, 2.75) is 0 Å². The fourth-order valence-corrected chi connectivity index (χ4v) is 1.74. The molecule has 8 heteroatoms. The van der Waals surface area contributed by atoms with E-state index in [1.165, 1.54) is 12.1 Å². The number of nitrogens with one attached hydrogen (secondary N) is 2. The monoisotopic (exact) mass is 291 g/mol. The maximum Gasteiger partial charge on any atom is 0.335 e. The van der Waals surface area contributed by atoms with Gasteiger partial charge in [0.15, 0.2) is 0 Å². The van der Waals surface area contributed by atoms with Crippen LogP contribution in [0.4, 0.5) is 10.5 Å². The van der Waals surface area contributed by atoms with E-state index in [1.54, 1.807) is 0 Å². The third kappa shape index (κ3) is 3.76. The number of amides is 2. The molecule has 0 heterocycles. The van der Waals surface area contributed by atoms with Gasteiger partial charge < -0.3 is 21.5 Å². The molecule has 0 fully saturated rings. The third-order valence-electron chi connectivity index (χ3n) is 1.96. The average Bonchev–Trinajstić information content (AvgIpc) is 2.30. The summed E-state index contributed by atoms with van der Waals surface area (Å²) in [6.07, 6.45) is 0. The summed E-state index contributed by atoms with van der Waals surface area (Å²) in [5.41, 5.74) is 5.32. The number of carboxylic acids is 1. The van der Waals surface area contributed by atoms with Crippen LogP contribution < -0.4 is 16.4 Å². The zero-order valence-electron chi connectivity index (χ0n) is 9.17. The quantitative estimate of drug-likeness (QED) is 0.678. The van der Waals surface area contributed by atoms with Crippen molar-refractivity contribution in [3.05, 3.63) is 27.7 Å². The molecule has 18 heavy (non-hydrogen) atoms. The van der Waals surface area contributed by atoms with Crippen molar-refractivity contribution in [2.24, 2.45) is 5.73 Å². The van der Waals surface area contributed by atoms with Crippen molar-refractivity contribution < 1.29 is 14.7 Å². The summed E-state index contributed by atoms with van der Waals surface area (Å²) in [4.78, 5) is 22.1. The lowest BCUT2D eigenvalue weighted by atomic mass is 10.2. The molecule has 0 atom stereocenters. The van der Waals surface area contributed by atoms with E-state index in [-0.39, 0.29) is 21.3 Å². The van der Waals surface area contributed by atoms with Crippen molar-refractivity contribution >= 4 is 40.9 Å². The van der Waals surface area contributed by atoms with E-state index in [4.69, 9.17) is 34.0 Å². The van der Waals surface area contributed by atoms with Crippen LogP contribution in [-0.4, -0.2) is 30.2 Å². The molecule has 0 spiro atoms. The number of nitrogens with two attached hydrogens (primary N) is 1. The van der Waals surface area contributed by atoms with Crippen LogP contribution in [0.25, 0.3) is 0 Å². The molecule has 5 N–H and O–H groups in total. The third-order valence-corrected chi connectivity index (χ3v) is 2.55. The number of urea groups is 1. The standard InChI is InChI=1S/C10H11Cl2N3O3/c11-6-3-5(9(16)17)4-7(12)8(6)15-10(18)14-2-1-13/h3-4H,1-2,13H2,(H,16,17)(H2,14,15,18). The van der Waals surface area contributed by atoms with Gasteiger partial charge in [-0.05, 0) is 12.1 Å². The van der Waals surface area contributed by atoms with E-state index in [1.807, 2.05) is 0 Å². The molecule has 0 saturated heterocycles. The molecule has 1 rings (SSSR count). The second-order valence-corrected chi connectivity index (χ2v) is 4.10. The summed E-state index contributed by atoms with van der Waals surface area (Å²) in [5.74, 6) is -1.15. The average molecular weight is 292 g/mol. The highest BCUT2D eigenvalue weighted by Crippen LogP contribution is 2.31. The maximum atomic E-state index is 11.4. The molecular formula is C10H11Cl2N3O3. The highest BCUT2D eigenvalue weighted by Gasteiger charge is 2.14. The van der Waals surface area contributed by atoms with Crippen LogP contribution in [0, 0.1) is 0 Å². The van der Waals surface area contributed by atoms with Gasteiger partial charge in [0.1, 0.15) is 0 Å². The minimum absolute atomic E-state index is 0.0443. The Morgan fingerprint density at radius 3 is 2.28 bits per heavy atom. The van der Waals surface area contributed by atoms with Crippen LogP contribution in [0.1, 0.15) is 10.4 Å². The first kappa shape index (κ1) is 14.6. The fourth-order valence-electron chi connectivity index (χ4n) is 1.16. The van der Waals surface area contributed by atoms with Crippen LogP contribution in [0.5, 0.6) is 0 Å². The number of hydrogen-bond donors (Lipinski definition) is 4. The number of benzene rings is 1. The van der Waals surface area contributed by atoms with Gasteiger partial charge >= 0.3 is 12.0 Å². The Morgan fingerprint density at radius 2 is 1.83 bits per heavy atom. The van der Waals surface area contributed by atoms with Gasteiger partial charge in [-0.15, -0.1) is 0 Å². The number of carbonyl (C=O) groups is 2. The lowest BCUT2D eigenvalue weighted by molar-refractivity contribution is 0.0697. The first-order chi connectivity index (χ1) is 8.45. The van der Waals surface area contributed by atoms with Gasteiger partial charge in [-0.3, -0.25) is 0 Å². The van der Waals surface area contributed by atoms with Crippen molar-refractivity contribution in [2.75, 3.05) is 18.4 Å². The lowest BCUT2D eigenvalue weighted by Crippen LogP contribution is -2.33. The summed E-state index contributed by atoms with van der Waals surface area (Å²) >= 11 is 11.7. The highest BCUT2D eigenvalue weighted by molar-refractivity contribution is 6.40. The normalized spacial score (nSPS) is 9.94. The number of aromatic carboxylic acids is 1. The second-order valence-electron chi connectivity index (χ2n) is 3.29. The Balaban J connectivity index is 2.90. The van der Waals surface area contributed by atoms with Gasteiger partial charge in [0.05, 0.1) is 21.3 Å². The highest BCUT2D eigenvalue weighted by atomic mass is 35.5. The molecule has 2 amide bonds. The smallest absolute Gasteiger partial charge is 0.335 e. The van der Waals surface area contributed by atoms with E-state index < -0.39 is 12.0 Å². The topological polar surface area (TPSA) is 104 Å². The Labute approximate surface area is 113 Å². The molecule has 6 nitrogen and oxygen atoms in total. The van der Waals surface area contributed by atoms with E-state index in [0.717, 1.165) is 0 Å². The summed E-state index contributed by atoms with van der Waals surface area (Å²) in [5, 5.41) is 13.8. The number of anilines is 1. The number of hydrogen-bond acceptors (Lipinski definition) is 3. The molecule has 98 valence electrons. The SMILES string of the molecule is NCCNC(=O)Nc1c(Cl)cc(C(=O)O)cc1Cl. The number of rotatable bonds is 4. The Morgan fingerprint density at radius 1 is 1.28 bits per heavy atom. The van der Waals surface area contributed by atoms with Gasteiger partial charge in [-0.25, -0.2) is 9.59 Å². The zero-order chi connectivity index (χ0) is 13.7. The van der Waals surface area contributed by atoms with Crippen LogP contribution in [0.3, 0.4) is 0 Å². The predicted octanol–water partition coefficient (Wildman–Crippen LogP) is 1.77. The molecule has 0 aromatic heterocycles. The summed E-state index contributed by atoms with van der Waals surface area (Å²) in [6.45, 7) is 0.598. The van der Waals surface area contributed by atoms with Crippen LogP contribution in [-0.2, 0) is 0 Å². The van der Waals surface area contributed by atoms with E-state index in [2.05, 4.69) is 10.6 Å². The van der Waals surface area contributed by atoms with E-state index >= 15 is 0 Å². The Kier molecular flexibility index (Phi) is 5.21. The Bertz CT molecular complexity index is 456. The molecule has 0 unspecified atom stereocenters. The second kappa shape index (κ2) is 6.44. The van der Waals surface area contributed by atoms with Gasteiger partial charge in [0.25, 0.3) is 0 Å². The molecule has 0 bridgehead atoms. The molecular weight excluding hydrogens is 281 g/mol. The minimum atomic E-state index is -1.15.